The molecule has 34 heavy (non-hydrogen) atoms. The van der Waals surface area contributed by atoms with Crippen LogP contribution < -0.4 is 10.2 Å². The second-order valence-corrected chi connectivity index (χ2v) is 9.09. The zero-order chi connectivity index (χ0) is 24.5. The molecule has 2 aliphatic heterocycles. The maximum Gasteiger partial charge on any atom is 0.211 e. The molecule has 2 aromatic rings. The van der Waals surface area contributed by atoms with Gasteiger partial charge in [-0.3, -0.25) is 14.6 Å². The van der Waals surface area contributed by atoms with Gasteiger partial charge in [0.2, 0.25) is 6.41 Å². The second-order valence-electron chi connectivity index (χ2n) is 8.66. The lowest BCUT2D eigenvalue weighted by Gasteiger charge is -2.47. The van der Waals surface area contributed by atoms with Crippen molar-refractivity contribution < 1.29 is 9.18 Å². The average Bonchev–Trinajstić information content (AvgIpc) is 2.88. The first kappa shape index (κ1) is 26.7. The van der Waals surface area contributed by atoms with Crippen LogP contribution in [-0.2, 0) is 11.3 Å². The number of amides is 1. The van der Waals surface area contributed by atoms with Crippen LogP contribution in [0, 0.1) is 5.82 Å². The molecule has 0 aliphatic carbocycles. The fourth-order valence-corrected chi connectivity index (χ4v) is 5.11. The van der Waals surface area contributed by atoms with Crippen LogP contribution in [0.2, 0.25) is 5.02 Å². The number of aromatic nitrogens is 1. The molecule has 9 heteroatoms. The topological polar surface area (TPSA) is 51.7 Å². The first-order valence-corrected chi connectivity index (χ1v) is 12.9. The minimum absolute atomic E-state index is 0.217. The lowest BCUT2D eigenvalue weighted by molar-refractivity contribution is -0.105. The van der Waals surface area contributed by atoms with E-state index in [1.54, 1.807) is 18.3 Å². The zero-order valence-electron chi connectivity index (χ0n) is 19.9. The third-order valence-corrected chi connectivity index (χ3v) is 6.97. The predicted octanol–water partition coefficient (Wildman–Crippen LogP) is 4.86. The number of hydrogen-bond donors (Lipinski definition) is 1. The summed E-state index contributed by atoms with van der Waals surface area (Å²) in [6, 6.07) is 9.89. The van der Waals surface area contributed by atoms with E-state index < -0.39 is 0 Å². The summed E-state index contributed by atoms with van der Waals surface area (Å²) in [5.74, 6) is 0.740. The number of piperidine rings is 1. The van der Waals surface area contributed by atoms with Gasteiger partial charge >= 0.3 is 0 Å². The van der Waals surface area contributed by atoms with Gasteiger partial charge in [-0.1, -0.05) is 24.6 Å². The number of anilines is 2. The van der Waals surface area contributed by atoms with Crippen molar-refractivity contribution in [1.82, 2.24) is 14.8 Å². The van der Waals surface area contributed by atoms with Crippen molar-refractivity contribution in [3.8, 4) is 0 Å². The Hall–Kier alpha value is -1.93. The normalized spacial score (nSPS) is 19.9. The first-order valence-electron chi connectivity index (χ1n) is 11.8. The minimum Gasteiger partial charge on any atom is -0.354 e. The summed E-state index contributed by atoms with van der Waals surface area (Å²) in [7, 11) is 0. The van der Waals surface area contributed by atoms with Gasteiger partial charge in [0, 0.05) is 55.2 Å². The highest BCUT2D eigenvalue weighted by molar-refractivity contribution is 6.30. The van der Waals surface area contributed by atoms with E-state index in [0.29, 0.717) is 35.7 Å². The molecule has 1 aromatic heterocycles. The fourth-order valence-electron chi connectivity index (χ4n) is 4.95. The van der Waals surface area contributed by atoms with Gasteiger partial charge < -0.3 is 10.2 Å². The first-order chi connectivity index (χ1) is 16.6. The van der Waals surface area contributed by atoms with Gasteiger partial charge in [0.05, 0.1) is 11.9 Å². The molecule has 186 valence electrons. The summed E-state index contributed by atoms with van der Waals surface area (Å²) in [5, 5.41) is 3.07. The monoisotopic (exact) mass is 509 g/mol. The van der Waals surface area contributed by atoms with Gasteiger partial charge in [0.1, 0.15) is 11.6 Å². The average molecular weight is 510 g/mol. The Labute approximate surface area is 212 Å². The Bertz CT molecular complexity index is 909. The maximum absolute atomic E-state index is 14.2. The molecule has 0 saturated carbocycles. The second kappa shape index (κ2) is 13.2. The highest BCUT2D eigenvalue weighted by atomic mass is 35.5. The van der Waals surface area contributed by atoms with Gasteiger partial charge in [0.25, 0.3) is 0 Å². The Morgan fingerprint density at radius 3 is 2.53 bits per heavy atom. The molecule has 1 N–H and O–H groups in total. The van der Waals surface area contributed by atoms with Gasteiger partial charge in [-0.2, -0.15) is 0 Å². The Balaban J connectivity index is 0.00000158. The zero-order valence-corrected chi connectivity index (χ0v) is 21.4. The van der Waals surface area contributed by atoms with Crippen LogP contribution in [0.1, 0.15) is 31.7 Å². The van der Waals surface area contributed by atoms with Crippen LogP contribution in [0.4, 0.5) is 15.9 Å². The molecule has 1 atom stereocenters. The Morgan fingerprint density at radius 2 is 1.91 bits per heavy atom. The van der Waals surface area contributed by atoms with Crippen molar-refractivity contribution in [2.24, 2.45) is 0 Å². The third kappa shape index (κ3) is 6.81. The van der Waals surface area contributed by atoms with Crippen LogP contribution in [0.3, 0.4) is 0 Å². The lowest BCUT2D eigenvalue weighted by Crippen LogP contribution is -2.58. The summed E-state index contributed by atoms with van der Waals surface area (Å²) in [4.78, 5) is 22.5. The standard InChI is InChI=1S/C24H31ClFN5O.CH3Cl/c1-2-21-16-30(24-6-5-20(14-27-24)28-17-32)11-12-31(21)22-7-9-29(10-8-22)15-18-3-4-19(25)13-23(18)26;1-2/h3-6,13-14,17,21-22H,2,7-12,15-16H2,1H3,(H,28,32);1H3. The van der Waals surface area contributed by atoms with E-state index in [2.05, 4.69) is 43.5 Å². The number of piperazine rings is 1. The molecule has 2 fully saturated rings. The number of hydrogen-bond acceptors (Lipinski definition) is 5. The third-order valence-electron chi connectivity index (χ3n) is 6.73. The van der Waals surface area contributed by atoms with Crippen molar-refractivity contribution in [2.75, 3.05) is 49.3 Å². The summed E-state index contributed by atoms with van der Waals surface area (Å²) in [5.41, 5.74) is 1.43. The van der Waals surface area contributed by atoms with Gasteiger partial charge in [-0.25, -0.2) is 9.37 Å². The van der Waals surface area contributed by atoms with Gasteiger partial charge in [-0.15, -0.1) is 11.6 Å². The number of likely N-dealkylation sites (tertiary alicyclic amines) is 1. The summed E-state index contributed by atoms with van der Waals surface area (Å²) in [6.45, 7) is 7.78. The van der Waals surface area contributed by atoms with E-state index in [-0.39, 0.29) is 5.82 Å². The van der Waals surface area contributed by atoms with Gasteiger partial charge in [0.15, 0.2) is 0 Å². The van der Waals surface area contributed by atoms with Gasteiger partial charge in [-0.05, 0) is 56.6 Å². The highest BCUT2D eigenvalue weighted by Gasteiger charge is 2.33. The van der Waals surface area contributed by atoms with Crippen molar-refractivity contribution >= 4 is 41.1 Å². The van der Waals surface area contributed by atoms with Crippen molar-refractivity contribution in [3.05, 3.63) is 52.9 Å². The number of carbonyl (C=O) groups is 1. The number of nitrogens with zero attached hydrogens (tertiary/aromatic N) is 4. The number of benzene rings is 1. The molecule has 6 nitrogen and oxygen atoms in total. The number of rotatable bonds is 7. The molecule has 4 rings (SSSR count). The number of alkyl halides is 1. The molecule has 0 radical (unpaired) electrons. The van der Waals surface area contributed by atoms with E-state index in [0.717, 1.165) is 63.4 Å². The largest absolute Gasteiger partial charge is 0.354 e. The Kier molecular flexibility index (Phi) is 10.4. The molecule has 1 amide bonds. The minimum atomic E-state index is -0.217. The van der Waals surface area contributed by atoms with Crippen molar-refractivity contribution in [3.63, 3.8) is 0 Å². The van der Waals surface area contributed by atoms with Crippen LogP contribution in [-0.4, -0.2) is 72.4 Å². The summed E-state index contributed by atoms with van der Waals surface area (Å²) in [6.07, 6.45) is 7.15. The maximum atomic E-state index is 14.2. The molecule has 0 bridgehead atoms. The molecule has 0 spiro atoms. The predicted molar refractivity (Wildman–Crippen MR) is 138 cm³/mol. The van der Waals surface area contributed by atoms with Crippen LogP contribution in [0.5, 0.6) is 0 Å². The number of halogens is 3. The van der Waals surface area contributed by atoms with E-state index >= 15 is 0 Å². The number of carbonyl (C=O) groups excluding carboxylic acids is 1. The van der Waals surface area contributed by atoms with E-state index in [9.17, 15) is 9.18 Å². The number of pyridine rings is 1. The van der Waals surface area contributed by atoms with Crippen molar-refractivity contribution in [1.29, 1.82) is 0 Å². The van der Waals surface area contributed by atoms with Crippen LogP contribution in [0.25, 0.3) is 0 Å². The molecule has 2 saturated heterocycles. The van der Waals surface area contributed by atoms with Crippen molar-refractivity contribution in [2.45, 2.75) is 44.8 Å². The number of nitrogens with one attached hydrogen (secondary N) is 1. The smallest absolute Gasteiger partial charge is 0.211 e. The highest BCUT2D eigenvalue weighted by Crippen LogP contribution is 2.27. The molecule has 3 heterocycles. The quantitative estimate of drug-likeness (QED) is 0.426. The van der Waals surface area contributed by atoms with E-state index in [1.807, 2.05) is 12.1 Å². The molecule has 1 unspecified atom stereocenters. The SMILES string of the molecule is CCC1CN(c2ccc(NC=O)cn2)CCN1C1CCN(Cc2ccc(Cl)cc2F)CC1.CCl. The van der Waals surface area contributed by atoms with E-state index in [4.69, 9.17) is 11.6 Å². The summed E-state index contributed by atoms with van der Waals surface area (Å²) >= 11 is 10.5. The molecular weight excluding hydrogens is 476 g/mol. The fraction of sp³-hybridized carbons (Fsp3) is 0.520. The lowest BCUT2D eigenvalue weighted by atomic mass is 9.97. The Morgan fingerprint density at radius 1 is 1.15 bits per heavy atom. The van der Waals surface area contributed by atoms with E-state index in [1.165, 1.54) is 12.4 Å². The molecule has 1 aromatic carbocycles. The van der Waals surface area contributed by atoms with Crippen LogP contribution in [0.15, 0.2) is 36.5 Å². The molecule has 2 aliphatic rings. The molecular formula is C25H34Cl2FN5O. The summed E-state index contributed by atoms with van der Waals surface area (Å²) < 4.78 is 14.2. The van der Waals surface area contributed by atoms with Crippen LogP contribution >= 0.6 is 23.2 Å².